The molecule has 1 aromatic carbocycles. The fourth-order valence-electron chi connectivity index (χ4n) is 1.71. The maximum atomic E-state index is 11.9. The number of amides is 2. The Morgan fingerprint density at radius 3 is 2.20 bits per heavy atom. The number of rotatable bonds is 7. The molecule has 0 spiro atoms. The Kier molecular flexibility index (Phi) is 6.56. The highest BCUT2D eigenvalue weighted by atomic mass is 16.2. The number of hydrogen-bond acceptors (Lipinski definition) is 3. The van der Waals surface area contributed by atoms with Crippen molar-refractivity contribution in [3.63, 3.8) is 0 Å². The molecule has 0 aliphatic carbocycles. The van der Waals surface area contributed by atoms with E-state index in [1.165, 1.54) is 0 Å². The van der Waals surface area contributed by atoms with E-state index in [0.29, 0.717) is 25.1 Å². The molecule has 0 aliphatic rings. The van der Waals surface area contributed by atoms with E-state index in [9.17, 15) is 9.59 Å². The van der Waals surface area contributed by atoms with E-state index >= 15 is 0 Å². The minimum atomic E-state index is -0.125. The van der Waals surface area contributed by atoms with Gasteiger partial charge < -0.3 is 15.5 Å². The van der Waals surface area contributed by atoms with Crippen LogP contribution >= 0.6 is 0 Å². The molecule has 0 unspecified atom stereocenters. The minimum Gasteiger partial charge on any atom is -0.378 e. The van der Waals surface area contributed by atoms with Crippen molar-refractivity contribution in [3.8, 4) is 0 Å². The molecule has 0 heterocycles. The van der Waals surface area contributed by atoms with Crippen LogP contribution in [0.15, 0.2) is 24.3 Å². The fraction of sp³-hybridized carbons (Fsp3) is 0.467. The zero-order chi connectivity index (χ0) is 15.0. The smallest absolute Gasteiger partial charge is 0.251 e. The number of carbonyl (C=O) groups is 2. The van der Waals surface area contributed by atoms with E-state index in [2.05, 4.69) is 10.6 Å². The molecule has 2 amide bonds. The van der Waals surface area contributed by atoms with Crippen LogP contribution in [0.2, 0.25) is 0 Å². The lowest BCUT2D eigenvalue weighted by Gasteiger charge is -2.12. The Morgan fingerprint density at radius 1 is 1.05 bits per heavy atom. The van der Waals surface area contributed by atoms with Crippen molar-refractivity contribution in [1.82, 2.24) is 10.6 Å². The topological polar surface area (TPSA) is 61.4 Å². The molecule has 0 saturated carbocycles. The van der Waals surface area contributed by atoms with Crippen molar-refractivity contribution in [2.75, 3.05) is 32.1 Å². The van der Waals surface area contributed by atoms with E-state index < -0.39 is 0 Å². The Bertz CT molecular complexity index is 441. The third kappa shape index (κ3) is 5.30. The lowest BCUT2D eigenvalue weighted by molar-refractivity contribution is -0.121. The van der Waals surface area contributed by atoms with Crippen LogP contribution < -0.4 is 15.5 Å². The van der Waals surface area contributed by atoms with Crippen molar-refractivity contribution < 1.29 is 9.59 Å². The van der Waals surface area contributed by atoms with Gasteiger partial charge in [0.2, 0.25) is 5.91 Å². The number of anilines is 1. The van der Waals surface area contributed by atoms with E-state index in [4.69, 9.17) is 0 Å². The molecule has 2 N–H and O–H groups in total. The molecular weight excluding hydrogens is 254 g/mol. The number of carbonyl (C=O) groups excluding carboxylic acids is 2. The fourth-order valence-corrected chi connectivity index (χ4v) is 1.71. The van der Waals surface area contributed by atoms with Gasteiger partial charge in [-0.3, -0.25) is 9.59 Å². The molecule has 1 aromatic rings. The van der Waals surface area contributed by atoms with Crippen LogP contribution in [0, 0.1) is 0 Å². The highest BCUT2D eigenvalue weighted by molar-refractivity contribution is 5.94. The SMILES string of the molecule is CCCC(=O)NCCNC(=O)c1ccc(N(C)C)cc1. The third-order valence-corrected chi connectivity index (χ3v) is 2.86. The monoisotopic (exact) mass is 277 g/mol. The zero-order valence-electron chi connectivity index (χ0n) is 12.4. The van der Waals surface area contributed by atoms with E-state index in [1.54, 1.807) is 12.1 Å². The molecule has 0 atom stereocenters. The number of nitrogens with one attached hydrogen (secondary N) is 2. The molecule has 5 nitrogen and oxygen atoms in total. The van der Waals surface area contributed by atoms with E-state index in [-0.39, 0.29) is 11.8 Å². The molecule has 0 bridgehead atoms. The van der Waals surface area contributed by atoms with Crippen LogP contribution in [0.5, 0.6) is 0 Å². The number of nitrogens with zero attached hydrogens (tertiary/aromatic N) is 1. The van der Waals surface area contributed by atoms with Gasteiger partial charge in [-0.25, -0.2) is 0 Å². The van der Waals surface area contributed by atoms with Crippen LogP contribution in [0.4, 0.5) is 5.69 Å². The molecule has 20 heavy (non-hydrogen) atoms. The molecule has 5 heteroatoms. The Hall–Kier alpha value is -2.04. The van der Waals surface area contributed by atoms with Crippen molar-refractivity contribution in [2.24, 2.45) is 0 Å². The summed E-state index contributed by atoms with van der Waals surface area (Å²) in [7, 11) is 3.90. The van der Waals surface area contributed by atoms with Crippen LogP contribution in [-0.4, -0.2) is 39.0 Å². The van der Waals surface area contributed by atoms with Gasteiger partial charge in [0.15, 0.2) is 0 Å². The van der Waals surface area contributed by atoms with Gasteiger partial charge in [-0.2, -0.15) is 0 Å². The first kappa shape index (κ1) is 16.0. The van der Waals surface area contributed by atoms with Crippen LogP contribution in [-0.2, 0) is 4.79 Å². The molecule has 0 fully saturated rings. The summed E-state index contributed by atoms with van der Waals surface area (Å²) < 4.78 is 0. The first-order valence-electron chi connectivity index (χ1n) is 6.87. The van der Waals surface area contributed by atoms with Gasteiger partial charge in [-0.15, -0.1) is 0 Å². The van der Waals surface area contributed by atoms with Gasteiger partial charge in [0, 0.05) is 44.9 Å². The normalized spacial score (nSPS) is 9.95. The quantitative estimate of drug-likeness (QED) is 0.741. The first-order chi connectivity index (χ1) is 9.54. The summed E-state index contributed by atoms with van der Waals surface area (Å²) in [4.78, 5) is 25.1. The molecule has 0 radical (unpaired) electrons. The predicted octanol–water partition coefficient (Wildman–Crippen LogP) is 1.40. The minimum absolute atomic E-state index is 0.0251. The summed E-state index contributed by atoms with van der Waals surface area (Å²) in [6.45, 7) is 2.85. The molecule has 0 aliphatic heterocycles. The maximum Gasteiger partial charge on any atom is 0.251 e. The van der Waals surface area contributed by atoms with Gasteiger partial charge in [0.05, 0.1) is 0 Å². The van der Waals surface area contributed by atoms with Crippen molar-refractivity contribution in [3.05, 3.63) is 29.8 Å². The van der Waals surface area contributed by atoms with Gasteiger partial charge in [-0.05, 0) is 30.7 Å². The highest BCUT2D eigenvalue weighted by Gasteiger charge is 2.05. The second-order valence-electron chi connectivity index (χ2n) is 4.80. The van der Waals surface area contributed by atoms with Crippen LogP contribution in [0.1, 0.15) is 30.1 Å². The molecule has 0 aromatic heterocycles. The molecule has 110 valence electrons. The molecule has 0 saturated heterocycles. The zero-order valence-corrected chi connectivity index (χ0v) is 12.4. The summed E-state index contributed by atoms with van der Waals surface area (Å²) in [5.74, 6) is -0.0999. The largest absolute Gasteiger partial charge is 0.378 e. The molecular formula is C15H23N3O2. The summed E-state index contributed by atoms with van der Waals surface area (Å²) >= 11 is 0. The lowest BCUT2D eigenvalue weighted by atomic mass is 10.2. The van der Waals surface area contributed by atoms with Crippen LogP contribution in [0.3, 0.4) is 0 Å². The third-order valence-electron chi connectivity index (χ3n) is 2.86. The van der Waals surface area contributed by atoms with Gasteiger partial charge in [0.25, 0.3) is 5.91 Å². The Morgan fingerprint density at radius 2 is 1.65 bits per heavy atom. The van der Waals surface area contributed by atoms with Crippen molar-refractivity contribution in [1.29, 1.82) is 0 Å². The Balaban J connectivity index is 2.34. The number of hydrogen-bond donors (Lipinski definition) is 2. The van der Waals surface area contributed by atoms with Crippen LogP contribution in [0.25, 0.3) is 0 Å². The van der Waals surface area contributed by atoms with E-state index in [1.807, 2.05) is 38.1 Å². The van der Waals surface area contributed by atoms with Gasteiger partial charge in [0.1, 0.15) is 0 Å². The van der Waals surface area contributed by atoms with Crippen molar-refractivity contribution in [2.45, 2.75) is 19.8 Å². The summed E-state index contributed by atoms with van der Waals surface area (Å²) in [6.07, 6.45) is 1.36. The first-order valence-corrected chi connectivity index (χ1v) is 6.87. The maximum absolute atomic E-state index is 11.9. The highest BCUT2D eigenvalue weighted by Crippen LogP contribution is 2.11. The average molecular weight is 277 g/mol. The predicted molar refractivity (Wildman–Crippen MR) is 81.0 cm³/mol. The summed E-state index contributed by atoms with van der Waals surface area (Å²) in [6, 6.07) is 7.39. The standard InChI is InChI=1S/C15H23N3O2/c1-4-5-14(19)16-10-11-17-15(20)12-6-8-13(9-7-12)18(2)3/h6-9H,4-5,10-11H2,1-3H3,(H,16,19)(H,17,20). The van der Waals surface area contributed by atoms with E-state index in [0.717, 1.165) is 12.1 Å². The second-order valence-corrected chi connectivity index (χ2v) is 4.80. The number of benzene rings is 1. The van der Waals surface area contributed by atoms with Gasteiger partial charge >= 0.3 is 0 Å². The summed E-state index contributed by atoms with van der Waals surface area (Å²) in [5, 5.41) is 5.53. The lowest BCUT2D eigenvalue weighted by Crippen LogP contribution is -2.34. The summed E-state index contributed by atoms with van der Waals surface area (Å²) in [5.41, 5.74) is 1.67. The van der Waals surface area contributed by atoms with Gasteiger partial charge in [-0.1, -0.05) is 6.92 Å². The average Bonchev–Trinajstić information content (AvgIpc) is 2.43. The van der Waals surface area contributed by atoms with Crippen molar-refractivity contribution >= 4 is 17.5 Å². The molecule has 1 rings (SSSR count). The second kappa shape index (κ2) is 8.19. The Labute approximate surface area is 120 Å².